The molecular weight excluding hydrogens is 300 g/mol. The lowest BCUT2D eigenvalue weighted by Crippen LogP contribution is -2.54. The van der Waals surface area contributed by atoms with E-state index < -0.39 is 10.2 Å². The summed E-state index contributed by atoms with van der Waals surface area (Å²) in [6.45, 7) is 5.91. The fourth-order valence-corrected chi connectivity index (χ4v) is 5.19. The van der Waals surface area contributed by atoms with Crippen LogP contribution in [0.5, 0.6) is 0 Å². The fraction of sp³-hybridized carbons (Fsp3) is 0.625. The summed E-state index contributed by atoms with van der Waals surface area (Å²) < 4.78 is 34.6. The molecule has 0 radical (unpaired) electrons. The van der Waals surface area contributed by atoms with E-state index in [0.29, 0.717) is 32.2 Å². The molecule has 3 rings (SSSR count). The number of ether oxygens (including phenoxy) is 1. The predicted octanol–water partition coefficient (Wildman–Crippen LogP) is 1.83. The number of rotatable bonds is 3. The van der Waals surface area contributed by atoms with Crippen LogP contribution in [0.2, 0.25) is 0 Å². The van der Waals surface area contributed by atoms with Gasteiger partial charge in [-0.2, -0.15) is 17.0 Å². The van der Waals surface area contributed by atoms with Crippen LogP contribution < -0.4 is 0 Å². The van der Waals surface area contributed by atoms with Crippen molar-refractivity contribution in [3.05, 3.63) is 35.9 Å². The molecule has 122 valence electrons. The Morgan fingerprint density at radius 1 is 1.14 bits per heavy atom. The van der Waals surface area contributed by atoms with Crippen molar-refractivity contribution < 1.29 is 13.2 Å². The molecule has 2 saturated heterocycles. The summed E-state index contributed by atoms with van der Waals surface area (Å²) in [6.07, 6.45) is 0.843. The van der Waals surface area contributed by atoms with E-state index in [1.807, 2.05) is 32.0 Å². The molecule has 2 aliphatic rings. The van der Waals surface area contributed by atoms with Gasteiger partial charge < -0.3 is 4.74 Å². The summed E-state index contributed by atoms with van der Waals surface area (Å²) in [6, 6.07) is 10.1. The molecule has 2 fully saturated rings. The molecule has 0 aromatic heterocycles. The van der Waals surface area contributed by atoms with Crippen molar-refractivity contribution in [3.63, 3.8) is 0 Å². The van der Waals surface area contributed by atoms with Crippen molar-refractivity contribution in [2.45, 2.75) is 38.3 Å². The van der Waals surface area contributed by atoms with Crippen molar-refractivity contribution in [2.75, 3.05) is 26.2 Å². The maximum Gasteiger partial charge on any atom is 0.282 e. The molecule has 6 heteroatoms. The lowest BCUT2D eigenvalue weighted by atomic mass is 9.99. The molecule has 0 N–H and O–H groups in total. The molecule has 0 saturated carbocycles. The number of hydrogen-bond acceptors (Lipinski definition) is 3. The van der Waals surface area contributed by atoms with Crippen LogP contribution in [-0.4, -0.2) is 55.4 Å². The highest BCUT2D eigenvalue weighted by atomic mass is 32.2. The topological polar surface area (TPSA) is 49.9 Å². The molecule has 1 aromatic carbocycles. The van der Waals surface area contributed by atoms with Crippen LogP contribution >= 0.6 is 0 Å². The number of hydrogen-bond donors (Lipinski definition) is 0. The van der Waals surface area contributed by atoms with Gasteiger partial charge in [-0.25, -0.2) is 0 Å². The monoisotopic (exact) mass is 324 g/mol. The molecule has 0 aliphatic carbocycles. The Labute approximate surface area is 133 Å². The Bertz CT molecular complexity index is 605. The second-order valence-electron chi connectivity index (χ2n) is 6.32. The van der Waals surface area contributed by atoms with Crippen molar-refractivity contribution >= 4 is 10.2 Å². The maximum absolute atomic E-state index is 12.9. The first-order valence-electron chi connectivity index (χ1n) is 7.92. The molecule has 2 aliphatic heterocycles. The van der Waals surface area contributed by atoms with Gasteiger partial charge in [-0.3, -0.25) is 0 Å². The molecule has 5 nitrogen and oxygen atoms in total. The van der Waals surface area contributed by atoms with E-state index in [9.17, 15) is 8.42 Å². The normalized spacial score (nSPS) is 31.5. The van der Waals surface area contributed by atoms with Gasteiger partial charge >= 0.3 is 0 Å². The summed E-state index contributed by atoms with van der Waals surface area (Å²) >= 11 is 0. The van der Waals surface area contributed by atoms with Gasteiger partial charge in [0.2, 0.25) is 0 Å². The zero-order chi connectivity index (χ0) is 15.7. The lowest BCUT2D eigenvalue weighted by molar-refractivity contribution is -0.0188. The van der Waals surface area contributed by atoms with E-state index >= 15 is 0 Å². The Hall–Kier alpha value is -0.950. The highest BCUT2D eigenvalue weighted by Gasteiger charge is 2.40. The van der Waals surface area contributed by atoms with Gasteiger partial charge in [0, 0.05) is 25.7 Å². The molecule has 0 bridgehead atoms. The van der Waals surface area contributed by atoms with E-state index in [1.54, 1.807) is 8.61 Å². The number of benzene rings is 1. The summed E-state index contributed by atoms with van der Waals surface area (Å²) in [7, 11) is -3.40. The summed E-state index contributed by atoms with van der Waals surface area (Å²) in [4.78, 5) is 0. The van der Waals surface area contributed by atoms with Crippen molar-refractivity contribution in [2.24, 2.45) is 0 Å². The molecule has 0 spiro atoms. The van der Waals surface area contributed by atoms with Crippen LogP contribution in [0.15, 0.2) is 30.3 Å². The molecule has 2 heterocycles. The Balaban J connectivity index is 1.74. The predicted molar refractivity (Wildman–Crippen MR) is 85.9 cm³/mol. The van der Waals surface area contributed by atoms with Gasteiger partial charge in [0.05, 0.1) is 12.7 Å². The molecule has 3 atom stereocenters. The highest BCUT2D eigenvalue weighted by Crippen LogP contribution is 2.30. The van der Waals surface area contributed by atoms with E-state index in [0.717, 1.165) is 6.42 Å². The van der Waals surface area contributed by atoms with Crippen molar-refractivity contribution in [1.29, 1.82) is 0 Å². The van der Waals surface area contributed by atoms with Gasteiger partial charge in [0.25, 0.3) is 10.2 Å². The van der Waals surface area contributed by atoms with Crippen LogP contribution in [-0.2, 0) is 14.9 Å². The standard InChI is InChI=1S/C16H24N2O3S/c1-13-12-21-14(2)10-18(13)22(19,20)17-9-8-16(11-17)15-6-4-3-5-7-15/h3-7,13-14,16H,8-12H2,1-2H3/t13-,14+,16-/m0/s1. The Morgan fingerprint density at radius 3 is 2.59 bits per heavy atom. The van der Waals surface area contributed by atoms with Crippen LogP contribution in [0.25, 0.3) is 0 Å². The molecular formula is C16H24N2O3S. The van der Waals surface area contributed by atoms with Gasteiger partial charge in [0.15, 0.2) is 0 Å². The minimum atomic E-state index is -3.40. The van der Waals surface area contributed by atoms with E-state index in [2.05, 4.69) is 12.1 Å². The Morgan fingerprint density at radius 2 is 1.86 bits per heavy atom. The number of nitrogens with zero attached hydrogens (tertiary/aromatic N) is 2. The van der Waals surface area contributed by atoms with Crippen LogP contribution in [0.1, 0.15) is 31.7 Å². The van der Waals surface area contributed by atoms with Gasteiger partial charge in [-0.15, -0.1) is 0 Å². The van der Waals surface area contributed by atoms with Crippen molar-refractivity contribution in [3.8, 4) is 0 Å². The fourth-order valence-electron chi connectivity index (χ4n) is 3.28. The third-order valence-electron chi connectivity index (χ3n) is 4.60. The average molecular weight is 324 g/mol. The first-order chi connectivity index (χ1) is 10.5. The van der Waals surface area contributed by atoms with E-state index in [1.165, 1.54) is 5.56 Å². The van der Waals surface area contributed by atoms with Gasteiger partial charge in [-0.1, -0.05) is 30.3 Å². The minimum absolute atomic E-state index is 0.0431. The SMILES string of the molecule is C[C@@H]1CN(S(=O)(=O)N2CC[C@H](c3ccccc3)C2)[C@@H](C)CO1. The molecule has 22 heavy (non-hydrogen) atoms. The third kappa shape index (κ3) is 3.06. The molecule has 1 aromatic rings. The summed E-state index contributed by atoms with van der Waals surface area (Å²) in [5.41, 5.74) is 1.23. The van der Waals surface area contributed by atoms with Crippen LogP contribution in [0, 0.1) is 0 Å². The zero-order valence-electron chi connectivity index (χ0n) is 13.2. The summed E-state index contributed by atoms with van der Waals surface area (Å²) in [5.74, 6) is 0.296. The van der Waals surface area contributed by atoms with Crippen molar-refractivity contribution in [1.82, 2.24) is 8.61 Å². The van der Waals surface area contributed by atoms with E-state index in [4.69, 9.17) is 4.74 Å². The zero-order valence-corrected chi connectivity index (χ0v) is 14.0. The Kier molecular flexibility index (Phi) is 4.54. The first-order valence-corrected chi connectivity index (χ1v) is 9.31. The highest BCUT2D eigenvalue weighted by molar-refractivity contribution is 7.86. The van der Waals surface area contributed by atoms with Crippen LogP contribution in [0.4, 0.5) is 0 Å². The smallest absolute Gasteiger partial charge is 0.282 e. The second kappa shape index (κ2) is 6.28. The minimum Gasteiger partial charge on any atom is -0.375 e. The van der Waals surface area contributed by atoms with Crippen LogP contribution in [0.3, 0.4) is 0 Å². The maximum atomic E-state index is 12.9. The quantitative estimate of drug-likeness (QED) is 0.852. The lowest BCUT2D eigenvalue weighted by Gasteiger charge is -2.37. The second-order valence-corrected chi connectivity index (χ2v) is 8.21. The van der Waals surface area contributed by atoms with Gasteiger partial charge in [-0.05, 0) is 31.7 Å². The average Bonchev–Trinajstić information content (AvgIpc) is 3.01. The summed E-state index contributed by atoms with van der Waals surface area (Å²) in [5, 5.41) is 0. The largest absolute Gasteiger partial charge is 0.375 e. The first kappa shape index (κ1) is 15.9. The van der Waals surface area contributed by atoms with E-state index in [-0.39, 0.29) is 12.1 Å². The number of morpholine rings is 1. The van der Waals surface area contributed by atoms with Gasteiger partial charge in [0.1, 0.15) is 0 Å². The third-order valence-corrected chi connectivity index (χ3v) is 6.68. The molecule has 0 amide bonds. The molecule has 0 unspecified atom stereocenters.